The molecule has 0 saturated heterocycles. The fourth-order valence-corrected chi connectivity index (χ4v) is 1.03. The van der Waals surface area contributed by atoms with Crippen LogP contribution in [0.15, 0.2) is 24.3 Å². The van der Waals surface area contributed by atoms with Gasteiger partial charge in [0.1, 0.15) is 0 Å². The van der Waals surface area contributed by atoms with Gasteiger partial charge in [-0.15, -0.1) is 0 Å². The minimum atomic E-state index is -1.18. The van der Waals surface area contributed by atoms with E-state index in [0.717, 1.165) is 16.8 Å². The highest BCUT2D eigenvalue weighted by molar-refractivity contribution is 6.02. The van der Waals surface area contributed by atoms with Gasteiger partial charge in [0.05, 0.1) is 12.0 Å². The molecule has 1 rings (SSSR count). The fourth-order valence-electron chi connectivity index (χ4n) is 1.03. The van der Waals surface area contributed by atoms with Crippen LogP contribution in [0.25, 0.3) is 0 Å². The Hall–Kier alpha value is -1.88. The van der Waals surface area contributed by atoms with Gasteiger partial charge in [-0.25, -0.2) is 9.69 Å². The van der Waals surface area contributed by atoms with Crippen LogP contribution < -0.4 is 10.6 Å². The van der Waals surface area contributed by atoms with Gasteiger partial charge in [0.2, 0.25) is 0 Å². The van der Waals surface area contributed by atoms with Crippen molar-refractivity contribution in [3.63, 3.8) is 0 Å². The van der Waals surface area contributed by atoms with Crippen molar-refractivity contribution in [1.82, 2.24) is 0 Å². The molecule has 0 heterocycles. The van der Waals surface area contributed by atoms with Crippen LogP contribution >= 0.6 is 0 Å². The van der Waals surface area contributed by atoms with E-state index in [1.807, 2.05) is 0 Å². The number of carboxylic acid groups (broad SMARTS) is 1. The highest BCUT2D eigenvalue weighted by atomic mass is 16.4. The summed E-state index contributed by atoms with van der Waals surface area (Å²) in [6.07, 6.45) is -0.430. The fraction of sp³-hybridized carbons (Fsp3) is 0.111. The minimum Gasteiger partial charge on any atom is -0.464 e. The SMILES string of the molecule is N=CN(C(=O)O)c1ccc(CN)cc1. The zero-order valence-corrected chi connectivity index (χ0v) is 7.47. The number of anilines is 1. The Morgan fingerprint density at radius 1 is 1.50 bits per heavy atom. The molecule has 0 aliphatic heterocycles. The molecule has 0 atom stereocenters. The molecule has 5 heteroatoms. The first-order chi connectivity index (χ1) is 6.69. The maximum Gasteiger partial charge on any atom is 0.417 e. The molecule has 0 spiro atoms. The molecule has 4 N–H and O–H groups in total. The number of nitrogens with two attached hydrogens (primary N) is 1. The first-order valence-electron chi connectivity index (χ1n) is 4.00. The standard InChI is InChI=1S/C9H11N3O2/c10-5-7-1-3-8(4-2-7)12(6-11)9(13)14/h1-4,6,11H,5,10H2,(H,13,14). The Balaban J connectivity index is 2.94. The van der Waals surface area contributed by atoms with E-state index in [0.29, 0.717) is 12.2 Å². The van der Waals surface area contributed by atoms with Crippen molar-refractivity contribution in [2.24, 2.45) is 5.73 Å². The molecule has 14 heavy (non-hydrogen) atoms. The molecule has 0 aromatic heterocycles. The Bertz CT molecular complexity index is 334. The average molecular weight is 193 g/mol. The summed E-state index contributed by atoms with van der Waals surface area (Å²) in [7, 11) is 0. The molecular weight excluding hydrogens is 182 g/mol. The zero-order valence-electron chi connectivity index (χ0n) is 7.47. The number of rotatable bonds is 3. The Kier molecular flexibility index (Phi) is 3.19. The number of amides is 1. The van der Waals surface area contributed by atoms with Gasteiger partial charge in [0, 0.05) is 6.54 Å². The Morgan fingerprint density at radius 2 is 2.07 bits per heavy atom. The largest absolute Gasteiger partial charge is 0.464 e. The summed E-state index contributed by atoms with van der Waals surface area (Å²) in [5.74, 6) is 0. The summed E-state index contributed by atoms with van der Waals surface area (Å²) < 4.78 is 0. The molecule has 74 valence electrons. The monoisotopic (exact) mass is 193 g/mol. The summed E-state index contributed by atoms with van der Waals surface area (Å²) in [5.41, 5.74) is 6.75. The summed E-state index contributed by atoms with van der Waals surface area (Å²) in [4.78, 5) is 11.5. The second-order valence-corrected chi connectivity index (χ2v) is 2.65. The van der Waals surface area contributed by atoms with Crippen molar-refractivity contribution in [3.8, 4) is 0 Å². The van der Waals surface area contributed by atoms with Gasteiger partial charge < -0.3 is 10.8 Å². The van der Waals surface area contributed by atoms with Crippen molar-refractivity contribution in [1.29, 1.82) is 5.41 Å². The molecule has 1 amide bonds. The number of carbonyl (C=O) groups is 1. The van der Waals surface area contributed by atoms with E-state index in [1.165, 1.54) is 0 Å². The quantitative estimate of drug-likeness (QED) is 0.498. The van der Waals surface area contributed by atoms with Crippen LogP contribution in [0.5, 0.6) is 0 Å². The summed E-state index contributed by atoms with van der Waals surface area (Å²) in [5, 5.41) is 15.6. The van der Waals surface area contributed by atoms with E-state index < -0.39 is 6.09 Å². The number of nitrogens with one attached hydrogen (secondary N) is 1. The number of benzene rings is 1. The van der Waals surface area contributed by atoms with Crippen LogP contribution in [0.4, 0.5) is 10.5 Å². The lowest BCUT2D eigenvalue weighted by Crippen LogP contribution is -2.26. The van der Waals surface area contributed by atoms with Gasteiger partial charge in [-0.1, -0.05) is 12.1 Å². The third-order valence-electron chi connectivity index (χ3n) is 1.79. The van der Waals surface area contributed by atoms with Crippen LogP contribution in [-0.4, -0.2) is 17.5 Å². The molecule has 1 aromatic carbocycles. The predicted octanol–water partition coefficient (Wildman–Crippen LogP) is 1.24. The third-order valence-corrected chi connectivity index (χ3v) is 1.79. The van der Waals surface area contributed by atoms with E-state index in [-0.39, 0.29) is 0 Å². The number of hydrogen-bond donors (Lipinski definition) is 3. The van der Waals surface area contributed by atoms with E-state index in [4.69, 9.17) is 16.2 Å². The molecule has 0 aliphatic carbocycles. The minimum absolute atomic E-state index is 0.415. The molecule has 0 bridgehead atoms. The van der Waals surface area contributed by atoms with Crippen molar-refractivity contribution >= 4 is 18.1 Å². The second kappa shape index (κ2) is 4.38. The lowest BCUT2D eigenvalue weighted by atomic mass is 10.2. The van der Waals surface area contributed by atoms with Crippen LogP contribution in [0.3, 0.4) is 0 Å². The van der Waals surface area contributed by atoms with Gasteiger partial charge in [-0.3, -0.25) is 5.41 Å². The van der Waals surface area contributed by atoms with Gasteiger partial charge >= 0.3 is 6.09 Å². The second-order valence-electron chi connectivity index (χ2n) is 2.65. The normalized spacial score (nSPS) is 9.50. The van der Waals surface area contributed by atoms with Gasteiger partial charge in [-0.2, -0.15) is 0 Å². The predicted molar refractivity (Wildman–Crippen MR) is 53.6 cm³/mol. The van der Waals surface area contributed by atoms with Crippen LogP contribution in [0, 0.1) is 5.41 Å². The molecule has 0 unspecified atom stereocenters. The molecule has 0 aliphatic rings. The van der Waals surface area contributed by atoms with E-state index >= 15 is 0 Å². The Morgan fingerprint density at radius 3 is 2.43 bits per heavy atom. The van der Waals surface area contributed by atoms with Crippen LogP contribution in [-0.2, 0) is 6.54 Å². The maximum absolute atomic E-state index is 10.6. The third kappa shape index (κ3) is 2.08. The van der Waals surface area contributed by atoms with E-state index in [9.17, 15) is 4.79 Å². The van der Waals surface area contributed by atoms with Crippen molar-refractivity contribution in [3.05, 3.63) is 29.8 Å². The smallest absolute Gasteiger partial charge is 0.417 e. The van der Waals surface area contributed by atoms with Crippen LogP contribution in [0.1, 0.15) is 5.56 Å². The number of hydrogen-bond acceptors (Lipinski definition) is 3. The molecule has 5 nitrogen and oxygen atoms in total. The molecule has 0 radical (unpaired) electrons. The van der Waals surface area contributed by atoms with E-state index in [1.54, 1.807) is 24.3 Å². The first kappa shape index (κ1) is 10.2. The van der Waals surface area contributed by atoms with Crippen molar-refractivity contribution in [2.45, 2.75) is 6.54 Å². The topological polar surface area (TPSA) is 90.4 Å². The summed E-state index contributed by atoms with van der Waals surface area (Å²) >= 11 is 0. The zero-order chi connectivity index (χ0) is 10.6. The summed E-state index contributed by atoms with van der Waals surface area (Å²) in [6, 6.07) is 6.69. The molecule has 0 saturated carbocycles. The average Bonchev–Trinajstić information content (AvgIpc) is 2.19. The maximum atomic E-state index is 10.6. The molecule has 1 aromatic rings. The van der Waals surface area contributed by atoms with Gasteiger partial charge in [0.15, 0.2) is 0 Å². The summed E-state index contributed by atoms with van der Waals surface area (Å²) in [6.45, 7) is 0.415. The van der Waals surface area contributed by atoms with Gasteiger partial charge in [0.25, 0.3) is 0 Å². The highest BCUT2D eigenvalue weighted by Crippen LogP contribution is 2.13. The molecular formula is C9H11N3O2. The van der Waals surface area contributed by atoms with Crippen molar-refractivity contribution < 1.29 is 9.90 Å². The van der Waals surface area contributed by atoms with Gasteiger partial charge in [-0.05, 0) is 17.7 Å². The molecule has 0 fully saturated rings. The van der Waals surface area contributed by atoms with E-state index in [2.05, 4.69) is 0 Å². The Labute approximate surface area is 81.3 Å². The van der Waals surface area contributed by atoms with Crippen LogP contribution in [0.2, 0.25) is 0 Å². The number of nitrogens with zero attached hydrogens (tertiary/aromatic N) is 1. The lowest BCUT2D eigenvalue weighted by molar-refractivity contribution is 0.205. The first-order valence-corrected chi connectivity index (χ1v) is 4.00. The van der Waals surface area contributed by atoms with Crippen molar-refractivity contribution in [2.75, 3.05) is 4.90 Å². The lowest BCUT2D eigenvalue weighted by Gasteiger charge is -2.12. The highest BCUT2D eigenvalue weighted by Gasteiger charge is 2.10.